The van der Waals surface area contributed by atoms with E-state index in [1.54, 1.807) is 4.90 Å². The van der Waals surface area contributed by atoms with Crippen molar-refractivity contribution in [3.05, 3.63) is 101 Å². The maximum atomic E-state index is 13.2. The van der Waals surface area contributed by atoms with Crippen LogP contribution in [0.15, 0.2) is 78.9 Å². The summed E-state index contributed by atoms with van der Waals surface area (Å²) in [7, 11) is 1.84. The van der Waals surface area contributed by atoms with Crippen molar-refractivity contribution in [2.24, 2.45) is 5.92 Å². The number of carboxylic acid groups (broad SMARTS) is 1. The number of amides is 2. The molecular weight excluding hydrogens is 428 g/mol. The Labute approximate surface area is 200 Å². The van der Waals surface area contributed by atoms with Crippen LogP contribution in [0.25, 0.3) is 0 Å². The highest BCUT2D eigenvalue weighted by Crippen LogP contribution is 2.32. The second kappa shape index (κ2) is 10.9. The number of nitrogens with zero attached hydrogens (tertiary/aromatic N) is 1. The largest absolute Gasteiger partial charge is 0.482 e. The molecule has 2 N–H and O–H groups in total. The number of benzene rings is 3. The van der Waals surface area contributed by atoms with Crippen LogP contribution in [0.3, 0.4) is 0 Å². The van der Waals surface area contributed by atoms with Crippen LogP contribution in [0.4, 0.5) is 4.79 Å². The Hall–Kier alpha value is -3.80. The van der Waals surface area contributed by atoms with Crippen molar-refractivity contribution in [2.45, 2.75) is 25.3 Å². The molecule has 0 fully saturated rings. The number of fused-ring (bicyclic) bond motifs is 1. The lowest BCUT2D eigenvalue weighted by molar-refractivity contribution is -0.139. The van der Waals surface area contributed by atoms with E-state index >= 15 is 0 Å². The van der Waals surface area contributed by atoms with Gasteiger partial charge in [-0.15, -0.1) is 0 Å². The summed E-state index contributed by atoms with van der Waals surface area (Å²) in [4.78, 5) is 25.8. The van der Waals surface area contributed by atoms with E-state index in [0.29, 0.717) is 18.2 Å². The van der Waals surface area contributed by atoms with Crippen molar-refractivity contribution in [3.63, 3.8) is 0 Å². The Morgan fingerprint density at radius 1 is 1.00 bits per heavy atom. The molecule has 0 saturated carbocycles. The number of hydrogen-bond acceptors (Lipinski definition) is 3. The van der Waals surface area contributed by atoms with Gasteiger partial charge in [-0.05, 0) is 53.5 Å². The summed E-state index contributed by atoms with van der Waals surface area (Å²) in [6.07, 6.45) is 2.55. The van der Waals surface area contributed by atoms with Crippen LogP contribution >= 0.6 is 0 Å². The third-order valence-corrected chi connectivity index (χ3v) is 6.30. The minimum absolute atomic E-state index is 0.109. The lowest BCUT2D eigenvalue weighted by atomic mass is 9.83. The summed E-state index contributed by atoms with van der Waals surface area (Å²) in [6.45, 7) is 0.300. The van der Waals surface area contributed by atoms with Gasteiger partial charge < -0.3 is 20.1 Å². The van der Waals surface area contributed by atoms with Crippen molar-refractivity contribution >= 4 is 12.0 Å². The van der Waals surface area contributed by atoms with E-state index in [0.717, 1.165) is 36.0 Å². The van der Waals surface area contributed by atoms with Crippen molar-refractivity contribution in [1.82, 2.24) is 10.2 Å². The monoisotopic (exact) mass is 458 g/mol. The van der Waals surface area contributed by atoms with Crippen LogP contribution in [0.2, 0.25) is 0 Å². The van der Waals surface area contributed by atoms with E-state index in [1.165, 1.54) is 5.56 Å². The fraction of sp³-hybridized carbons (Fsp3) is 0.286. The Morgan fingerprint density at radius 2 is 1.65 bits per heavy atom. The van der Waals surface area contributed by atoms with Gasteiger partial charge in [0, 0.05) is 13.6 Å². The minimum Gasteiger partial charge on any atom is -0.482 e. The first-order valence-electron chi connectivity index (χ1n) is 11.6. The molecule has 1 unspecified atom stereocenters. The highest BCUT2D eigenvalue weighted by molar-refractivity contribution is 5.75. The molecule has 1 aliphatic carbocycles. The molecule has 0 aliphatic heterocycles. The second-order valence-electron chi connectivity index (χ2n) is 8.77. The van der Waals surface area contributed by atoms with Gasteiger partial charge in [0.2, 0.25) is 0 Å². The van der Waals surface area contributed by atoms with Gasteiger partial charge in [0.05, 0.1) is 6.04 Å². The van der Waals surface area contributed by atoms with E-state index in [1.807, 2.05) is 79.8 Å². The predicted octanol–water partition coefficient (Wildman–Crippen LogP) is 4.69. The number of urea groups is 1. The molecule has 0 aromatic heterocycles. The van der Waals surface area contributed by atoms with Crippen LogP contribution in [0, 0.1) is 5.92 Å². The van der Waals surface area contributed by atoms with Gasteiger partial charge in [0.1, 0.15) is 5.75 Å². The summed E-state index contributed by atoms with van der Waals surface area (Å²) in [6, 6.07) is 25.4. The number of aliphatic carboxylic acids is 1. The minimum atomic E-state index is -0.983. The van der Waals surface area contributed by atoms with Crippen molar-refractivity contribution in [3.8, 4) is 5.75 Å². The molecule has 0 radical (unpaired) electrons. The van der Waals surface area contributed by atoms with Gasteiger partial charge in [-0.2, -0.15) is 0 Å². The Morgan fingerprint density at radius 3 is 2.26 bits per heavy atom. The average molecular weight is 459 g/mol. The summed E-state index contributed by atoms with van der Waals surface area (Å²) in [5.41, 5.74) is 4.33. The van der Waals surface area contributed by atoms with Gasteiger partial charge in [-0.25, -0.2) is 9.59 Å². The quantitative estimate of drug-likeness (QED) is 0.514. The smallest absolute Gasteiger partial charge is 0.341 e. The van der Waals surface area contributed by atoms with E-state index in [2.05, 4.69) is 11.4 Å². The standard InChI is InChI=1S/C28H30N2O4/c1-30(18-20-15-16-24-23(17-20)13-8-14-25(24)34-19-26(31)32)28(33)29-27(21-9-4-2-5-10-21)22-11-6-3-7-12-22/h2-14,20,27H,15-19H2,1H3,(H,29,33)(H,31,32). The number of ether oxygens (including phenoxy) is 1. The maximum Gasteiger partial charge on any atom is 0.341 e. The second-order valence-corrected chi connectivity index (χ2v) is 8.77. The molecule has 1 aliphatic rings. The topological polar surface area (TPSA) is 78.9 Å². The van der Waals surface area contributed by atoms with Gasteiger partial charge >= 0.3 is 12.0 Å². The highest BCUT2D eigenvalue weighted by Gasteiger charge is 2.25. The normalized spacial score (nSPS) is 14.8. The molecule has 3 aromatic carbocycles. The molecule has 6 nitrogen and oxygen atoms in total. The average Bonchev–Trinajstić information content (AvgIpc) is 2.86. The zero-order chi connectivity index (χ0) is 23.9. The van der Waals surface area contributed by atoms with Gasteiger partial charge in [-0.3, -0.25) is 0 Å². The summed E-state index contributed by atoms with van der Waals surface area (Å²) >= 11 is 0. The molecule has 0 spiro atoms. The van der Waals surface area contributed by atoms with E-state index in [4.69, 9.17) is 9.84 Å². The van der Waals surface area contributed by atoms with Crippen LogP contribution in [0.1, 0.15) is 34.7 Å². The fourth-order valence-electron chi connectivity index (χ4n) is 4.63. The molecule has 6 heteroatoms. The molecule has 0 saturated heterocycles. The summed E-state index contributed by atoms with van der Waals surface area (Å²) in [5, 5.41) is 12.1. The summed E-state index contributed by atoms with van der Waals surface area (Å²) in [5.74, 6) is -0.00822. The summed E-state index contributed by atoms with van der Waals surface area (Å²) < 4.78 is 5.47. The first kappa shape index (κ1) is 23.4. The molecule has 3 aromatic rings. The molecule has 0 heterocycles. The van der Waals surface area contributed by atoms with Crippen molar-refractivity contribution in [1.29, 1.82) is 0 Å². The maximum absolute atomic E-state index is 13.2. The third-order valence-electron chi connectivity index (χ3n) is 6.30. The van der Waals surface area contributed by atoms with E-state index in [9.17, 15) is 9.59 Å². The van der Waals surface area contributed by atoms with Crippen LogP contribution in [-0.2, 0) is 17.6 Å². The number of carboxylic acids is 1. The Bertz CT molecular complexity index is 1080. The lowest BCUT2D eigenvalue weighted by Crippen LogP contribution is -2.42. The van der Waals surface area contributed by atoms with E-state index < -0.39 is 5.97 Å². The number of carbonyl (C=O) groups is 2. The fourth-order valence-corrected chi connectivity index (χ4v) is 4.63. The van der Waals surface area contributed by atoms with Gasteiger partial charge in [-0.1, -0.05) is 72.8 Å². The number of nitrogens with one attached hydrogen (secondary N) is 1. The molecule has 1 atom stereocenters. The molecule has 4 rings (SSSR count). The highest BCUT2D eigenvalue weighted by atomic mass is 16.5. The molecule has 176 valence electrons. The van der Waals surface area contributed by atoms with Gasteiger partial charge in [0.15, 0.2) is 6.61 Å². The third kappa shape index (κ3) is 5.76. The predicted molar refractivity (Wildman–Crippen MR) is 131 cm³/mol. The lowest BCUT2D eigenvalue weighted by Gasteiger charge is -2.31. The zero-order valence-corrected chi connectivity index (χ0v) is 19.3. The first-order valence-corrected chi connectivity index (χ1v) is 11.6. The van der Waals surface area contributed by atoms with Crippen molar-refractivity contribution < 1.29 is 19.4 Å². The molecule has 34 heavy (non-hydrogen) atoms. The van der Waals surface area contributed by atoms with Crippen LogP contribution < -0.4 is 10.1 Å². The van der Waals surface area contributed by atoms with E-state index in [-0.39, 0.29) is 18.7 Å². The zero-order valence-electron chi connectivity index (χ0n) is 19.3. The molecule has 0 bridgehead atoms. The molecular formula is C28H30N2O4. The molecule has 2 amide bonds. The number of carbonyl (C=O) groups excluding carboxylic acids is 1. The SMILES string of the molecule is CN(CC1CCc2c(cccc2OCC(=O)O)C1)C(=O)NC(c1ccccc1)c1ccccc1. The van der Waals surface area contributed by atoms with Crippen molar-refractivity contribution in [2.75, 3.05) is 20.2 Å². The van der Waals surface area contributed by atoms with Crippen LogP contribution in [-0.4, -0.2) is 42.2 Å². The number of hydrogen-bond donors (Lipinski definition) is 2. The van der Waals surface area contributed by atoms with Crippen LogP contribution in [0.5, 0.6) is 5.75 Å². The Kier molecular flexibility index (Phi) is 7.48. The first-order chi connectivity index (χ1) is 16.5. The number of rotatable bonds is 8. The Balaban J connectivity index is 1.41. The van der Waals surface area contributed by atoms with Gasteiger partial charge in [0.25, 0.3) is 0 Å².